The van der Waals surface area contributed by atoms with E-state index in [1.54, 1.807) is 12.1 Å². The largest absolute Gasteiger partial charge is 0.508 e. The van der Waals surface area contributed by atoms with E-state index in [4.69, 9.17) is 4.74 Å². The van der Waals surface area contributed by atoms with Crippen molar-refractivity contribution >= 4 is 5.97 Å². The van der Waals surface area contributed by atoms with Crippen LogP contribution in [0.2, 0.25) is 0 Å². The molecule has 0 heterocycles. The van der Waals surface area contributed by atoms with E-state index in [2.05, 4.69) is 165 Å². The topological polar surface area (TPSA) is 73.2 Å². The van der Waals surface area contributed by atoms with Crippen LogP contribution in [0, 0.1) is 0 Å². The Morgan fingerprint density at radius 1 is 0.609 bits per heavy atom. The average molecular weight is 851 g/mol. The SMILES string of the molecule is CC(C)N(CCC(c1ccccc1)(c1cc(C(=O)O)ccc1OCc1ccccc1)C(CC(c1ccccc1)c1ccccc1O)N(Cc1ccccc1)C(C)C)Cc1ccccc1. The van der Waals surface area contributed by atoms with Crippen molar-refractivity contribution in [3.63, 3.8) is 0 Å². The van der Waals surface area contributed by atoms with Crippen molar-refractivity contribution in [1.29, 1.82) is 0 Å². The number of carboxylic acids is 1. The Kier molecular flexibility index (Phi) is 15.5. The molecule has 7 aromatic rings. The number of aromatic hydroxyl groups is 1. The summed E-state index contributed by atoms with van der Waals surface area (Å²) in [7, 11) is 0. The van der Waals surface area contributed by atoms with Crippen LogP contribution < -0.4 is 4.74 Å². The quantitative estimate of drug-likeness (QED) is 0.0750. The first-order valence-corrected chi connectivity index (χ1v) is 22.6. The highest BCUT2D eigenvalue weighted by atomic mass is 16.5. The number of hydrogen-bond donors (Lipinski definition) is 2. The van der Waals surface area contributed by atoms with Crippen LogP contribution >= 0.6 is 0 Å². The van der Waals surface area contributed by atoms with Crippen molar-refractivity contribution in [2.75, 3.05) is 6.54 Å². The molecule has 3 atom stereocenters. The molecular weight excluding hydrogens is 789 g/mol. The molecule has 0 fully saturated rings. The molecule has 7 rings (SSSR count). The van der Waals surface area contributed by atoms with Gasteiger partial charge < -0.3 is 14.9 Å². The number of carbonyl (C=O) groups is 1. The number of ether oxygens (including phenoxy) is 1. The van der Waals surface area contributed by atoms with Gasteiger partial charge in [0, 0.05) is 53.7 Å². The van der Waals surface area contributed by atoms with Gasteiger partial charge in [-0.2, -0.15) is 0 Å². The number of phenolic OH excluding ortho intramolecular Hbond substituents is 1. The molecule has 0 saturated carbocycles. The van der Waals surface area contributed by atoms with E-state index < -0.39 is 11.4 Å². The number of benzene rings is 7. The van der Waals surface area contributed by atoms with Gasteiger partial charge in [-0.3, -0.25) is 9.80 Å². The van der Waals surface area contributed by atoms with Gasteiger partial charge in [-0.1, -0.05) is 170 Å². The molecule has 0 aliphatic rings. The molecule has 0 bridgehead atoms. The lowest BCUT2D eigenvalue weighted by molar-refractivity contribution is 0.0668. The maximum atomic E-state index is 13.2. The van der Waals surface area contributed by atoms with Crippen molar-refractivity contribution in [2.24, 2.45) is 0 Å². The summed E-state index contributed by atoms with van der Waals surface area (Å²) < 4.78 is 6.97. The molecule has 0 spiro atoms. The molecule has 0 aromatic heterocycles. The molecule has 328 valence electrons. The Morgan fingerprint density at radius 2 is 1.14 bits per heavy atom. The van der Waals surface area contributed by atoms with Crippen molar-refractivity contribution in [3.05, 3.63) is 239 Å². The number of aromatic carboxylic acids is 1. The van der Waals surface area contributed by atoms with Crippen molar-refractivity contribution < 1.29 is 19.7 Å². The Balaban J connectivity index is 1.55. The fourth-order valence-electron chi connectivity index (χ4n) is 9.44. The van der Waals surface area contributed by atoms with E-state index in [0.29, 0.717) is 38.3 Å². The van der Waals surface area contributed by atoms with Gasteiger partial charge in [-0.15, -0.1) is 0 Å². The van der Waals surface area contributed by atoms with Gasteiger partial charge >= 0.3 is 5.97 Å². The summed E-state index contributed by atoms with van der Waals surface area (Å²) in [5, 5.41) is 22.6. The van der Waals surface area contributed by atoms with Crippen molar-refractivity contribution in [3.8, 4) is 11.5 Å². The lowest BCUT2D eigenvalue weighted by Crippen LogP contribution is -2.55. The smallest absolute Gasteiger partial charge is 0.335 e. The van der Waals surface area contributed by atoms with Crippen LogP contribution in [-0.2, 0) is 25.1 Å². The van der Waals surface area contributed by atoms with E-state index in [1.807, 2.05) is 54.6 Å². The summed E-state index contributed by atoms with van der Waals surface area (Å²) in [5.74, 6) is -0.352. The predicted molar refractivity (Wildman–Crippen MR) is 260 cm³/mol. The molecule has 0 saturated heterocycles. The van der Waals surface area contributed by atoms with Gasteiger partial charge in [-0.25, -0.2) is 4.79 Å². The van der Waals surface area contributed by atoms with E-state index >= 15 is 0 Å². The molecule has 0 aliphatic carbocycles. The maximum absolute atomic E-state index is 13.2. The van der Waals surface area contributed by atoms with Gasteiger partial charge in [0.25, 0.3) is 0 Å². The summed E-state index contributed by atoms with van der Waals surface area (Å²) in [6.07, 6.45) is 1.20. The van der Waals surface area contributed by atoms with Crippen LogP contribution in [0.5, 0.6) is 11.5 Å². The van der Waals surface area contributed by atoms with Crippen molar-refractivity contribution in [2.45, 2.75) is 89.7 Å². The molecule has 3 unspecified atom stereocenters. The molecule has 6 nitrogen and oxygen atoms in total. The molecule has 6 heteroatoms. The van der Waals surface area contributed by atoms with Crippen LogP contribution in [0.4, 0.5) is 0 Å². The van der Waals surface area contributed by atoms with Gasteiger partial charge in [0.05, 0.1) is 5.56 Å². The molecule has 0 amide bonds. The molecule has 7 aromatic carbocycles. The van der Waals surface area contributed by atoms with Crippen LogP contribution in [-0.4, -0.2) is 50.7 Å². The lowest BCUT2D eigenvalue weighted by atomic mass is 9.62. The van der Waals surface area contributed by atoms with E-state index in [0.717, 1.165) is 34.4 Å². The molecule has 0 radical (unpaired) electrons. The Hall–Kier alpha value is -6.47. The summed E-state index contributed by atoms with van der Waals surface area (Å²) in [5.41, 5.74) is 6.56. The molecule has 64 heavy (non-hydrogen) atoms. The van der Waals surface area contributed by atoms with E-state index in [9.17, 15) is 15.0 Å². The monoisotopic (exact) mass is 850 g/mol. The highest BCUT2D eigenvalue weighted by Crippen LogP contribution is 2.51. The minimum Gasteiger partial charge on any atom is -0.508 e. The second-order valence-electron chi connectivity index (χ2n) is 17.5. The zero-order valence-corrected chi connectivity index (χ0v) is 37.6. The van der Waals surface area contributed by atoms with Gasteiger partial charge in [-0.05, 0) is 99.2 Å². The number of rotatable bonds is 21. The minimum absolute atomic E-state index is 0.0379. The molecule has 0 aliphatic heterocycles. The first kappa shape index (κ1) is 45.6. The fraction of sp³-hybridized carbons (Fsp3) is 0.259. The van der Waals surface area contributed by atoms with Crippen LogP contribution in [0.25, 0.3) is 0 Å². The number of carboxylic acid groups (broad SMARTS) is 1. The van der Waals surface area contributed by atoms with Crippen LogP contribution in [0.3, 0.4) is 0 Å². The Morgan fingerprint density at radius 3 is 1.70 bits per heavy atom. The molecule has 2 N–H and O–H groups in total. The van der Waals surface area contributed by atoms with E-state index in [1.165, 1.54) is 11.1 Å². The number of hydrogen-bond acceptors (Lipinski definition) is 5. The normalized spacial score (nSPS) is 13.5. The second-order valence-corrected chi connectivity index (χ2v) is 17.5. The number of para-hydroxylation sites is 1. The third-order valence-electron chi connectivity index (χ3n) is 12.8. The average Bonchev–Trinajstić information content (AvgIpc) is 3.32. The minimum atomic E-state index is -0.997. The van der Waals surface area contributed by atoms with Gasteiger partial charge in [0.15, 0.2) is 0 Å². The molecular formula is C58H62N2O4. The van der Waals surface area contributed by atoms with Crippen LogP contribution in [0.1, 0.15) is 95.8 Å². The number of nitrogens with zero attached hydrogens (tertiary/aromatic N) is 2. The standard InChI is InChI=1S/C58H62N2O4/c1-43(2)59(40-45-22-10-5-11-23-45)37-36-58(50-30-18-9-19-31-50,53-38-49(57(62)63)34-35-55(53)64-42-47-26-14-7-15-27-47)56(60(44(3)4)41-46-24-12-6-13-25-46)39-52(48-28-16-8-17-29-48)51-32-20-21-33-54(51)61/h5-35,38,43-44,52,56,61H,36-37,39-42H2,1-4H3,(H,62,63). The fourth-order valence-corrected chi connectivity index (χ4v) is 9.44. The second kappa shape index (κ2) is 21.7. The summed E-state index contributed by atoms with van der Waals surface area (Å²) >= 11 is 0. The Labute approximate surface area is 380 Å². The summed E-state index contributed by atoms with van der Waals surface area (Å²) in [6, 6.07) is 65.7. The van der Waals surface area contributed by atoms with Crippen LogP contribution in [0.15, 0.2) is 194 Å². The predicted octanol–water partition coefficient (Wildman–Crippen LogP) is 12.8. The summed E-state index contributed by atoms with van der Waals surface area (Å²) in [6.45, 7) is 11.4. The van der Waals surface area contributed by atoms with Crippen molar-refractivity contribution in [1.82, 2.24) is 9.80 Å². The number of phenols is 1. The zero-order valence-electron chi connectivity index (χ0n) is 37.6. The van der Waals surface area contributed by atoms with Gasteiger partial charge in [0.2, 0.25) is 0 Å². The Bertz CT molecular complexity index is 2500. The summed E-state index contributed by atoms with van der Waals surface area (Å²) in [4.78, 5) is 18.4. The third kappa shape index (κ3) is 11.0. The highest BCUT2D eigenvalue weighted by molar-refractivity contribution is 5.88. The van der Waals surface area contributed by atoms with E-state index in [-0.39, 0.29) is 35.4 Å². The third-order valence-corrected chi connectivity index (χ3v) is 12.8. The zero-order chi connectivity index (χ0) is 44.9. The maximum Gasteiger partial charge on any atom is 0.335 e. The lowest BCUT2D eigenvalue weighted by Gasteiger charge is -2.51. The first-order chi connectivity index (χ1) is 31.1. The van der Waals surface area contributed by atoms with Gasteiger partial charge in [0.1, 0.15) is 18.1 Å². The first-order valence-electron chi connectivity index (χ1n) is 22.6. The highest BCUT2D eigenvalue weighted by Gasteiger charge is 2.49.